The second-order valence-electron chi connectivity index (χ2n) is 5.83. The van der Waals surface area contributed by atoms with E-state index in [0.717, 1.165) is 23.0 Å². The molecule has 1 N–H and O–H groups in total. The monoisotopic (exact) mass is 386 g/mol. The average Bonchev–Trinajstić information content (AvgIpc) is 3.19. The first-order valence-corrected chi connectivity index (χ1v) is 7.80. The maximum absolute atomic E-state index is 14.4. The van der Waals surface area contributed by atoms with E-state index in [0.29, 0.717) is 0 Å². The van der Waals surface area contributed by atoms with Crippen LogP contribution in [0.4, 0.5) is 28.0 Å². The van der Waals surface area contributed by atoms with Gasteiger partial charge >= 0.3 is 12.3 Å². The molecule has 144 valence electrons. The lowest BCUT2D eigenvalue weighted by atomic mass is 10.2. The summed E-state index contributed by atoms with van der Waals surface area (Å²) in [5.41, 5.74) is -1.17. The highest BCUT2D eigenvalue weighted by atomic mass is 19.4. The summed E-state index contributed by atoms with van der Waals surface area (Å²) in [6, 6.07) is 4.33. The van der Waals surface area contributed by atoms with Crippen LogP contribution in [-0.4, -0.2) is 41.0 Å². The summed E-state index contributed by atoms with van der Waals surface area (Å²) in [6.07, 6.45) is -4.95. The number of nitrogens with one attached hydrogen (secondary N) is 1. The van der Waals surface area contributed by atoms with Crippen molar-refractivity contribution in [2.75, 3.05) is 18.0 Å². The summed E-state index contributed by atoms with van der Waals surface area (Å²) in [6.45, 7) is 1.53. The number of cyclic esters (lactones) is 1. The summed E-state index contributed by atoms with van der Waals surface area (Å²) in [7, 11) is 0. The highest BCUT2D eigenvalue weighted by Crippen LogP contribution is 2.29. The minimum atomic E-state index is -4.64. The molecular formula is C16H14F4N4O3. The summed E-state index contributed by atoms with van der Waals surface area (Å²) < 4.78 is 58.1. The number of hydrogen-bond acceptors (Lipinski definition) is 4. The lowest BCUT2D eigenvalue weighted by Crippen LogP contribution is -2.33. The molecule has 1 aromatic carbocycles. The number of rotatable bonds is 4. The minimum absolute atomic E-state index is 0.0951. The van der Waals surface area contributed by atoms with Gasteiger partial charge in [0.05, 0.1) is 18.8 Å². The third kappa shape index (κ3) is 4.01. The Hall–Kier alpha value is -3.11. The van der Waals surface area contributed by atoms with Crippen LogP contribution in [0.15, 0.2) is 30.5 Å². The lowest BCUT2D eigenvalue weighted by molar-refractivity contribution is -0.141. The zero-order valence-corrected chi connectivity index (χ0v) is 14.0. The van der Waals surface area contributed by atoms with Crippen LogP contribution in [-0.2, 0) is 15.7 Å². The molecule has 3 rings (SSSR count). The molecule has 1 saturated heterocycles. The molecule has 1 atom stereocenters. The van der Waals surface area contributed by atoms with E-state index in [1.165, 1.54) is 24.0 Å². The summed E-state index contributed by atoms with van der Waals surface area (Å²) in [4.78, 5) is 24.0. The molecule has 0 saturated carbocycles. The Morgan fingerprint density at radius 2 is 2.11 bits per heavy atom. The van der Waals surface area contributed by atoms with Crippen LogP contribution in [0.2, 0.25) is 0 Å². The van der Waals surface area contributed by atoms with Crippen LogP contribution in [0.25, 0.3) is 5.69 Å². The number of amides is 2. The van der Waals surface area contributed by atoms with Gasteiger partial charge in [0.2, 0.25) is 5.91 Å². The Bertz CT molecular complexity index is 881. The van der Waals surface area contributed by atoms with Gasteiger partial charge in [-0.1, -0.05) is 0 Å². The molecule has 2 amide bonds. The molecule has 0 bridgehead atoms. The van der Waals surface area contributed by atoms with E-state index in [1.807, 2.05) is 0 Å². The van der Waals surface area contributed by atoms with Crippen LogP contribution in [0, 0.1) is 5.82 Å². The summed E-state index contributed by atoms with van der Waals surface area (Å²) in [5.74, 6) is -1.14. The highest BCUT2D eigenvalue weighted by molar-refractivity contribution is 5.90. The summed E-state index contributed by atoms with van der Waals surface area (Å²) in [5, 5.41) is 5.83. The number of hydrogen-bond donors (Lipinski definition) is 1. The van der Waals surface area contributed by atoms with E-state index in [1.54, 1.807) is 0 Å². The van der Waals surface area contributed by atoms with Crippen molar-refractivity contribution in [2.24, 2.45) is 0 Å². The maximum Gasteiger partial charge on any atom is 0.435 e. The van der Waals surface area contributed by atoms with Crippen molar-refractivity contribution in [3.63, 3.8) is 0 Å². The average molecular weight is 386 g/mol. The van der Waals surface area contributed by atoms with Gasteiger partial charge in [-0.3, -0.25) is 9.69 Å². The molecule has 0 spiro atoms. The number of halogens is 4. The Morgan fingerprint density at radius 1 is 1.37 bits per heavy atom. The molecule has 7 nitrogen and oxygen atoms in total. The maximum atomic E-state index is 14.4. The molecule has 1 aliphatic rings. The fourth-order valence-corrected chi connectivity index (χ4v) is 2.56. The lowest BCUT2D eigenvalue weighted by Gasteiger charge is -2.14. The van der Waals surface area contributed by atoms with Crippen molar-refractivity contribution >= 4 is 17.7 Å². The van der Waals surface area contributed by atoms with Gasteiger partial charge in [0.1, 0.15) is 11.8 Å². The van der Waals surface area contributed by atoms with Crippen LogP contribution in [0.1, 0.15) is 12.6 Å². The Labute approximate surface area is 150 Å². The molecule has 0 aliphatic carbocycles. The van der Waals surface area contributed by atoms with Gasteiger partial charge in [0.25, 0.3) is 0 Å². The number of carbonyl (C=O) groups excluding carboxylic acids is 2. The molecule has 1 fully saturated rings. The number of anilines is 1. The predicted molar refractivity (Wildman–Crippen MR) is 84.8 cm³/mol. The molecule has 27 heavy (non-hydrogen) atoms. The van der Waals surface area contributed by atoms with Gasteiger partial charge in [0.15, 0.2) is 11.5 Å². The highest BCUT2D eigenvalue weighted by Gasteiger charge is 2.34. The van der Waals surface area contributed by atoms with Crippen molar-refractivity contribution in [1.82, 2.24) is 15.1 Å². The van der Waals surface area contributed by atoms with Crippen molar-refractivity contribution in [3.05, 3.63) is 42.0 Å². The standard InChI is InChI=1S/C16H14F4N4O3/c1-9(25)21-7-11-8-23(15(26)27-11)10-2-3-13(12(17)6-10)24-5-4-14(22-24)16(18,19)20/h2-6,11H,7-8H2,1H3,(H,21,25)/t11-/m0/s1. The molecule has 2 heterocycles. The van der Waals surface area contributed by atoms with Crippen LogP contribution in [0.3, 0.4) is 0 Å². The van der Waals surface area contributed by atoms with E-state index in [4.69, 9.17) is 4.74 Å². The van der Waals surface area contributed by atoms with Gasteiger partial charge in [-0.2, -0.15) is 18.3 Å². The van der Waals surface area contributed by atoms with Crippen molar-refractivity contribution in [2.45, 2.75) is 19.2 Å². The Morgan fingerprint density at radius 3 is 2.70 bits per heavy atom. The van der Waals surface area contributed by atoms with E-state index in [-0.39, 0.29) is 30.4 Å². The SMILES string of the molecule is CC(=O)NC[C@H]1CN(c2ccc(-n3ccc(C(F)(F)F)n3)c(F)c2)C(=O)O1. The summed E-state index contributed by atoms with van der Waals surface area (Å²) >= 11 is 0. The van der Waals surface area contributed by atoms with Gasteiger partial charge in [-0.05, 0) is 24.3 Å². The fourth-order valence-electron chi connectivity index (χ4n) is 2.56. The number of carbonyl (C=O) groups is 2. The number of benzene rings is 1. The van der Waals surface area contributed by atoms with E-state index < -0.39 is 29.9 Å². The van der Waals surface area contributed by atoms with Crippen LogP contribution >= 0.6 is 0 Å². The first-order chi connectivity index (χ1) is 12.6. The van der Waals surface area contributed by atoms with Gasteiger partial charge in [0, 0.05) is 13.1 Å². The van der Waals surface area contributed by atoms with E-state index in [9.17, 15) is 27.2 Å². The topological polar surface area (TPSA) is 76.5 Å². The second-order valence-corrected chi connectivity index (χ2v) is 5.83. The minimum Gasteiger partial charge on any atom is -0.442 e. The van der Waals surface area contributed by atoms with E-state index >= 15 is 0 Å². The zero-order valence-electron chi connectivity index (χ0n) is 14.0. The van der Waals surface area contributed by atoms with Gasteiger partial charge in [-0.15, -0.1) is 0 Å². The number of alkyl halides is 3. The third-order valence-corrected chi connectivity index (χ3v) is 3.82. The predicted octanol–water partition coefficient (Wildman–Crippen LogP) is 2.49. The Balaban J connectivity index is 1.78. The van der Waals surface area contributed by atoms with Crippen molar-refractivity contribution < 1.29 is 31.9 Å². The zero-order chi connectivity index (χ0) is 19.8. The molecule has 11 heteroatoms. The molecule has 2 aromatic rings. The van der Waals surface area contributed by atoms with E-state index in [2.05, 4.69) is 10.4 Å². The van der Waals surface area contributed by atoms with Crippen LogP contribution in [0.5, 0.6) is 0 Å². The molecule has 0 radical (unpaired) electrons. The first-order valence-electron chi connectivity index (χ1n) is 7.80. The van der Waals surface area contributed by atoms with Crippen molar-refractivity contribution in [3.8, 4) is 5.69 Å². The first kappa shape index (κ1) is 18.7. The number of aromatic nitrogens is 2. The normalized spacial score (nSPS) is 17.1. The molecule has 1 aliphatic heterocycles. The Kier molecular flexibility index (Phi) is 4.77. The quantitative estimate of drug-likeness (QED) is 0.820. The van der Waals surface area contributed by atoms with Gasteiger partial charge in [-0.25, -0.2) is 13.9 Å². The third-order valence-electron chi connectivity index (χ3n) is 3.82. The number of nitrogens with zero attached hydrogens (tertiary/aromatic N) is 3. The fraction of sp³-hybridized carbons (Fsp3) is 0.312. The number of ether oxygens (including phenoxy) is 1. The largest absolute Gasteiger partial charge is 0.442 e. The van der Waals surface area contributed by atoms with Crippen LogP contribution < -0.4 is 10.2 Å². The molecular weight excluding hydrogens is 372 g/mol. The molecule has 0 unspecified atom stereocenters. The molecule has 1 aromatic heterocycles. The second kappa shape index (κ2) is 6.89. The van der Waals surface area contributed by atoms with Gasteiger partial charge < -0.3 is 10.1 Å². The smallest absolute Gasteiger partial charge is 0.435 e. The van der Waals surface area contributed by atoms with Crippen molar-refractivity contribution in [1.29, 1.82) is 0 Å².